The number of aromatic nitrogens is 5. The summed E-state index contributed by atoms with van der Waals surface area (Å²) in [6.07, 6.45) is 3.07. The fourth-order valence-electron chi connectivity index (χ4n) is 2.64. The molecule has 0 saturated heterocycles. The maximum atomic E-state index is 6.03. The highest BCUT2D eigenvalue weighted by atomic mass is 35.5. The van der Waals surface area contributed by atoms with Crippen LogP contribution in [0.2, 0.25) is 5.02 Å². The average molecular weight is 382 g/mol. The van der Waals surface area contributed by atoms with E-state index in [1.165, 1.54) is 0 Å². The number of pyridine rings is 1. The molecule has 8 heteroatoms. The highest BCUT2D eigenvalue weighted by Crippen LogP contribution is 2.28. The Balaban J connectivity index is 1.53. The molecule has 0 fully saturated rings. The first-order valence-corrected chi connectivity index (χ1v) is 8.68. The van der Waals surface area contributed by atoms with E-state index in [1.807, 2.05) is 56.4 Å². The first-order valence-electron chi connectivity index (χ1n) is 8.31. The predicted molar refractivity (Wildman–Crippen MR) is 100 cm³/mol. The van der Waals surface area contributed by atoms with Crippen LogP contribution in [0.15, 0.2) is 59.4 Å². The number of ether oxygens (including phenoxy) is 1. The molecule has 0 saturated carbocycles. The summed E-state index contributed by atoms with van der Waals surface area (Å²) >= 11 is 6.03. The van der Waals surface area contributed by atoms with Crippen LogP contribution in [0.25, 0.3) is 22.7 Å². The van der Waals surface area contributed by atoms with E-state index in [2.05, 4.69) is 20.3 Å². The largest absolute Gasteiger partial charge is 0.454 e. The third-order valence-corrected chi connectivity index (χ3v) is 4.33. The SMILES string of the molecule is C[C@@H](Oc1nnc(-c2cccnc2)n1C)c1cc(-c2cccc(Cl)c2)on1. The molecule has 4 rings (SSSR count). The minimum absolute atomic E-state index is 0.369. The molecule has 1 atom stereocenters. The molecule has 0 aliphatic carbocycles. The second-order valence-corrected chi connectivity index (χ2v) is 6.43. The molecule has 27 heavy (non-hydrogen) atoms. The van der Waals surface area contributed by atoms with E-state index in [9.17, 15) is 0 Å². The van der Waals surface area contributed by atoms with E-state index < -0.39 is 0 Å². The number of benzene rings is 1. The van der Waals surface area contributed by atoms with Crippen LogP contribution in [0.3, 0.4) is 0 Å². The monoisotopic (exact) mass is 381 g/mol. The molecule has 0 aliphatic rings. The van der Waals surface area contributed by atoms with E-state index >= 15 is 0 Å². The van der Waals surface area contributed by atoms with Crippen molar-refractivity contribution in [2.75, 3.05) is 0 Å². The molecule has 3 heterocycles. The van der Waals surface area contributed by atoms with Gasteiger partial charge in [0.1, 0.15) is 11.8 Å². The maximum absolute atomic E-state index is 6.03. The van der Waals surface area contributed by atoms with Crippen LogP contribution in [0.5, 0.6) is 6.01 Å². The van der Waals surface area contributed by atoms with Crippen LogP contribution in [-0.2, 0) is 7.05 Å². The van der Waals surface area contributed by atoms with Crippen molar-refractivity contribution < 1.29 is 9.26 Å². The van der Waals surface area contributed by atoms with Gasteiger partial charge in [-0.1, -0.05) is 34.0 Å². The lowest BCUT2D eigenvalue weighted by Gasteiger charge is -2.10. The van der Waals surface area contributed by atoms with Crippen molar-refractivity contribution in [3.63, 3.8) is 0 Å². The maximum Gasteiger partial charge on any atom is 0.317 e. The second kappa shape index (κ2) is 7.20. The molecular weight excluding hydrogens is 366 g/mol. The van der Waals surface area contributed by atoms with Crippen molar-refractivity contribution in [3.05, 3.63) is 65.6 Å². The Hall–Kier alpha value is -3.19. The summed E-state index contributed by atoms with van der Waals surface area (Å²) in [6, 6.07) is 13.4. The van der Waals surface area contributed by atoms with E-state index in [4.69, 9.17) is 20.9 Å². The van der Waals surface area contributed by atoms with Gasteiger partial charge in [0.15, 0.2) is 11.6 Å². The van der Waals surface area contributed by atoms with Gasteiger partial charge in [0.05, 0.1) is 0 Å². The fraction of sp³-hybridized carbons (Fsp3) is 0.158. The highest BCUT2D eigenvalue weighted by molar-refractivity contribution is 6.30. The lowest BCUT2D eigenvalue weighted by molar-refractivity contribution is 0.190. The molecule has 0 unspecified atom stereocenters. The molecule has 0 bridgehead atoms. The summed E-state index contributed by atoms with van der Waals surface area (Å²) < 4.78 is 13.1. The van der Waals surface area contributed by atoms with E-state index in [1.54, 1.807) is 17.0 Å². The number of hydrogen-bond donors (Lipinski definition) is 0. The molecule has 7 nitrogen and oxygen atoms in total. The summed E-state index contributed by atoms with van der Waals surface area (Å²) in [7, 11) is 1.84. The summed E-state index contributed by atoms with van der Waals surface area (Å²) in [5.74, 6) is 1.29. The average Bonchev–Trinajstić information content (AvgIpc) is 3.31. The molecule has 0 spiro atoms. The zero-order valence-electron chi connectivity index (χ0n) is 14.7. The Bertz CT molecular complexity index is 1060. The van der Waals surface area contributed by atoms with Crippen molar-refractivity contribution >= 4 is 11.6 Å². The van der Waals surface area contributed by atoms with Crippen LogP contribution < -0.4 is 4.74 Å². The smallest absolute Gasteiger partial charge is 0.317 e. The fourth-order valence-corrected chi connectivity index (χ4v) is 2.83. The van der Waals surface area contributed by atoms with Gasteiger partial charge in [0.25, 0.3) is 0 Å². The normalized spacial score (nSPS) is 12.1. The number of rotatable bonds is 5. The number of hydrogen-bond acceptors (Lipinski definition) is 6. The van der Waals surface area contributed by atoms with Gasteiger partial charge in [-0.05, 0) is 31.2 Å². The van der Waals surface area contributed by atoms with E-state index in [0.29, 0.717) is 28.3 Å². The van der Waals surface area contributed by atoms with Crippen LogP contribution in [0.4, 0.5) is 0 Å². The lowest BCUT2D eigenvalue weighted by Crippen LogP contribution is -2.07. The number of halogens is 1. The highest BCUT2D eigenvalue weighted by Gasteiger charge is 2.19. The number of nitrogens with zero attached hydrogens (tertiary/aromatic N) is 5. The zero-order chi connectivity index (χ0) is 18.8. The molecule has 4 aromatic rings. The Morgan fingerprint density at radius 3 is 2.74 bits per heavy atom. The Kier molecular flexibility index (Phi) is 4.60. The standard InChI is InChI=1S/C19H16ClN5O2/c1-12(16-10-17(27-24-16)13-5-3-7-15(20)9-13)26-19-23-22-18(25(19)2)14-6-4-8-21-11-14/h3-12H,1-2H3/t12-/m1/s1. The summed E-state index contributed by atoms with van der Waals surface area (Å²) in [6.45, 7) is 1.87. The Labute approximate surface area is 160 Å². The molecular formula is C19H16ClN5O2. The van der Waals surface area contributed by atoms with Gasteiger partial charge in [-0.15, -0.1) is 5.10 Å². The molecule has 3 aromatic heterocycles. The Morgan fingerprint density at radius 1 is 1.11 bits per heavy atom. The van der Waals surface area contributed by atoms with E-state index in [-0.39, 0.29) is 6.10 Å². The lowest BCUT2D eigenvalue weighted by atomic mass is 10.1. The molecule has 1 aromatic carbocycles. The van der Waals surface area contributed by atoms with E-state index in [0.717, 1.165) is 11.1 Å². The van der Waals surface area contributed by atoms with Crippen molar-refractivity contribution in [2.45, 2.75) is 13.0 Å². The molecule has 0 radical (unpaired) electrons. The molecule has 0 amide bonds. The first-order chi connectivity index (χ1) is 13.1. The van der Waals surface area contributed by atoms with Crippen LogP contribution >= 0.6 is 11.6 Å². The van der Waals surface area contributed by atoms with Gasteiger partial charge in [-0.2, -0.15) is 0 Å². The van der Waals surface area contributed by atoms with Gasteiger partial charge in [-0.3, -0.25) is 9.55 Å². The quantitative estimate of drug-likeness (QED) is 0.512. The minimum atomic E-state index is -0.369. The van der Waals surface area contributed by atoms with Gasteiger partial charge in [0, 0.05) is 41.7 Å². The van der Waals surface area contributed by atoms with Crippen molar-refractivity contribution in [3.8, 4) is 28.7 Å². The van der Waals surface area contributed by atoms with Crippen molar-refractivity contribution in [1.82, 2.24) is 24.9 Å². The summed E-state index contributed by atoms with van der Waals surface area (Å²) in [5.41, 5.74) is 2.36. The van der Waals surface area contributed by atoms with Crippen molar-refractivity contribution in [2.24, 2.45) is 7.05 Å². The topological polar surface area (TPSA) is 78.9 Å². The minimum Gasteiger partial charge on any atom is -0.454 e. The third kappa shape index (κ3) is 3.54. The van der Waals surface area contributed by atoms with Crippen LogP contribution in [-0.4, -0.2) is 24.9 Å². The van der Waals surface area contributed by atoms with Crippen LogP contribution in [0, 0.1) is 0 Å². The molecule has 0 aliphatic heterocycles. The van der Waals surface area contributed by atoms with Gasteiger partial charge < -0.3 is 9.26 Å². The van der Waals surface area contributed by atoms with Crippen molar-refractivity contribution in [1.29, 1.82) is 0 Å². The molecule has 0 N–H and O–H groups in total. The molecule has 136 valence electrons. The Morgan fingerprint density at radius 2 is 1.96 bits per heavy atom. The predicted octanol–water partition coefficient (Wildman–Crippen LogP) is 4.33. The third-order valence-electron chi connectivity index (χ3n) is 4.09. The van der Waals surface area contributed by atoms with Gasteiger partial charge in [-0.25, -0.2) is 0 Å². The van der Waals surface area contributed by atoms with Gasteiger partial charge in [0.2, 0.25) is 0 Å². The second-order valence-electron chi connectivity index (χ2n) is 5.99. The summed E-state index contributed by atoms with van der Waals surface area (Å²) in [5, 5.41) is 13.0. The zero-order valence-corrected chi connectivity index (χ0v) is 15.5. The summed E-state index contributed by atoms with van der Waals surface area (Å²) in [4.78, 5) is 4.10. The van der Waals surface area contributed by atoms with Crippen LogP contribution in [0.1, 0.15) is 18.7 Å². The first kappa shape index (κ1) is 17.2. The van der Waals surface area contributed by atoms with Gasteiger partial charge >= 0.3 is 6.01 Å².